The van der Waals surface area contributed by atoms with Crippen molar-refractivity contribution >= 4 is 30.4 Å². The molecule has 1 unspecified atom stereocenters. The van der Waals surface area contributed by atoms with Gasteiger partial charge in [-0.15, -0.1) is 0 Å². The van der Waals surface area contributed by atoms with Crippen LogP contribution in [0.1, 0.15) is 6.42 Å². The number of aliphatic hydroxyl groups excluding tert-OH is 1. The SMILES string of the molecule is O=P(O)(O)OC[C@H]1O[C@@H](I)CC1O. The molecule has 0 radical (unpaired) electrons. The van der Waals surface area contributed by atoms with E-state index in [1.165, 1.54) is 0 Å². The van der Waals surface area contributed by atoms with Crippen molar-refractivity contribution in [2.45, 2.75) is 22.7 Å². The Balaban J connectivity index is 2.34. The van der Waals surface area contributed by atoms with Gasteiger partial charge in [0.25, 0.3) is 0 Å². The lowest BCUT2D eigenvalue weighted by molar-refractivity contribution is 0.000166. The van der Waals surface area contributed by atoms with Gasteiger partial charge >= 0.3 is 7.82 Å². The van der Waals surface area contributed by atoms with Crippen LogP contribution in [0, 0.1) is 0 Å². The molecule has 1 saturated heterocycles. The lowest BCUT2D eigenvalue weighted by Crippen LogP contribution is -2.25. The molecule has 3 atom stereocenters. The molecule has 0 bridgehead atoms. The highest BCUT2D eigenvalue weighted by Crippen LogP contribution is 2.37. The Hall–Kier alpha value is 0.760. The van der Waals surface area contributed by atoms with Crippen LogP contribution in [0.15, 0.2) is 0 Å². The molecule has 1 aliphatic rings. The second-order valence-electron chi connectivity index (χ2n) is 2.67. The van der Waals surface area contributed by atoms with Gasteiger partial charge in [0.1, 0.15) is 10.2 Å². The van der Waals surface area contributed by atoms with Crippen molar-refractivity contribution in [3.8, 4) is 0 Å². The van der Waals surface area contributed by atoms with E-state index in [0.29, 0.717) is 6.42 Å². The van der Waals surface area contributed by atoms with Crippen molar-refractivity contribution in [3.05, 3.63) is 0 Å². The van der Waals surface area contributed by atoms with Crippen molar-refractivity contribution < 1.29 is 28.7 Å². The molecule has 13 heavy (non-hydrogen) atoms. The Morgan fingerprint density at radius 2 is 2.23 bits per heavy atom. The minimum absolute atomic E-state index is 0.127. The fourth-order valence-electron chi connectivity index (χ4n) is 0.998. The van der Waals surface area contributed by atoms with E-state index < -0.39 is 20.0 Å². The number of hydrogen-bond donors (Lipinski definition) is 3. The number of hydrogen-bond acceptors (Lipinski definition) is 4. The van der Waals surface area contributed by atoms with Crippen LogP contribution < -0.4 is 0 Å². The third kappa shape index (κ3) is 4.20. The topological polar surface area (TPSA) is 96.2 Å². The molecule has 1 heterocycles. The Morgan fingerprint density at radius 1 is 1.62 bits per heavy atom. The van der Waals surface area contributed by atoms with Crippen molar-refractivity contribution in [1.82, 2.24) is 0 Å². The zero-order valence-corrected chi connectivity index (χ0v) is 9.59. The minimum Gasteiger partial charge on any atom is -0.390 e. The minimum atomic E-state index is -4.46. The largest absolute Gasteiger partial charge is 0.469 e. The van der Waals surface area contributed by atoms with Gasteiger partial charge in [0.05, 0.1) is 12.7 Å². The summed E-state index contributed by atoms with van der Waals surface area (Å²) in [5, 5.41) is 9.29. The van der Waals surface area contributed by atoms with Crippen LogP contribution in [0.5, 0.6) is 0 Å². The normalized spacial score (nSPS) is 35.2. The van der Waals surface area contributed by atoms with Gasteiger partial charge in [-0.05, 0) is 0 Å². The molecule has 0 spiro atoms. The molecule has 0 aliphatic carbocycles. The smallest absolute Gasteiger partial charge is 0.390 e. The van der Waals surface area contributed by atoms with E-state index >= 15 is 0 Å². The van der Waals surface area contributed by atoms with E-state index in [1.54, 1.807) is 0 Å². The summed E-state index contributed by atoms with van der Waals surface area (Å²) in [5.41, 5.74) is 0. The van der Waals surface area contributed by atoms with E-state index in [-0.39, 0.29) is 10.7 Å². The van der Waals surface area contributed by atoms with Crippen LogP contribution in [0.2, 0.25) is 0 Å². The van der Waals surface area contributed by atoms with Gasteiger partial charge in [-0.2, -0.15) is 0 Å². The van der Waals surface area contributed by atoms with Crippen molar-refractivity contribution in [2.75, 3.05) is 6.61 Å². The van der Waals surface area contributed by atoms with Gasteiger partial charge in [0, 0.05) is 6.42 Å². The number of phosphoric acid groups is 1. The highest BCUT2D eigenvalue weighted by atomic mass is 127. The molecule has 0 aromatic heterocycles. The number of phosphoric ester groups is 1. The van der Waals surface area contributed by atoms with Gasteiger partial charge in [0.2, 0.25) is 0 Å². The molecule has 0 aromatic rings. The van der Waals surface area contributed by atoms with Crippen molar-refractivity contribution in [3.63, 3.8) is 0 Å². The molecule has 1 fully saturated rings. The summed E-state index contributed by atoms with van der Waals surface area (Å²) in [6.45, 7) is -0.287. The molecular formula is C5H10IO6P. The summed E-state index contributed by atoms with van der Waals surface area (Å²) >= 11 is 1.99. The standard InChI is InChI=1S/C5H10IO6P/c6-5-1-3(7)4(12-5)2-11-13(8,9)10/h3-5,7H,1-2H2,(H2,8,9,10)/t3?,4-,5-/m1/s1. The summed E-state index contributed by atoms with van der Waals surface area (Å²) in [7, 11) is -4.46. The molecule has 0 amide bonds. The van der Waals surface area contributed by atoms with E-state index in [2.05, 4.69) is 4.52 Å². The van der Waals surface area contributed by atoms with E-state index in [1.807, 2.05) is 22.6 Å². The Kier molecular flexibility index (Phi) is 4.11. The second kappa shape index (κ2) is 4.52. The first-order valence-electron chi connectivity index (χ1n) is 3.56. The second-order valence-corrected chi connectivity index (χ2v) is 5.30. The van der Waals surface area contributed by atoms with Gasteiger partial charge < -0.3 is 19.6 Å². The van der Waals surface area contributed by atoms with Gasteiger partial charge in [-0.3, -0.25) is 4.52 Å². The summed E-state index contributed by atoms with van der Waals surface area (Å²) in [6, 6.07) is 0. The van der Waals surface area contributed by atoms with Gasteiger partial charge in [0.15, 0.2) is 0 Å². The first-order chi connectivity index (χ1) is 5.88. The van der Waals surface area contributed by atoms with Crippen LogP contribution >= 0.6 is 30.4 Å². The number of halogens is 1. The van der Waals surface area contributed by atoms with Crippen molar-refractivity contribution in [1.29, 1.82) is 0 Å². The summed E-state index contributed by atoms with van der Waals surface area (Å²) in [6.07, 6.45) is -0.904. The maximum absolute atomic E-state index is 10.3. The highest BCUT2D eigenvalue weighted by molar-refractivity contribution is 14.1. The van der Waals surface area contributed by atoms with E-state index in [0.717, 1.165) is 0 Å². The maximum atomic E-state index is 10.3. The number of alkyl halides is 1. The summed E-state index contributed by atoms with van der Waals surface area (Å²) in [5.74, 6) is 0. The monoisotopic (exact) mass is 324 g/mol. The van der Waals surface area contributed by atoms with Crippen LogP contribution in [0.4, 0.5) is 0 Å². The first-order valence-corrected chi connectivity index (χ1v) is 6.34. The third-order valence-corrected chi connectivity index (χ3v) is 2.87. The number of ether oxygens (including phenoxy) is 1. The first kappa shape index (κ1) is 11.8. The zero-order valence-electron chi connectivity index (χ0n) is 6.54. The molecule has 6 nitrogen and oxygen atoms in total. The average molecular weight is 324 g/mol. The van der Waals surface area contributed by atoms with Crippen LogP contribution in [0.25, 0.3) is 0 Å². The molecule has 3 N–H and O–H groups in total. The average Bonchev–Trinajstić information content (AvgIpc) is 2.24. The van der Waals surface area contributed by atoms with E-state index in [9.17, 15) is 9.67 Å². The van der Waals surface area contributed by atoms with Gasteiger partial charge in [-0.1, -0.05) is 22.6 Å². The summed E-state index contributed by atoms with van der Waals surface area (Å²) in [4.78, 5) is 16.8. The van der Waals surface area contributed by atoms with Crippen LogP contribution in [-0.4, -0.2) is 37.8 Å². The quantitative estimate of drug-likeness (QED) is 0.384. The zero-order chi connectivity index (χ0) is 10.1. The van der Waals surface area contributed by atoms with Crippen LogP contribution in [-0.2, 0) is 13.8 Å². The fourth-order valence-corrected chi connectivity index (χ4v) is 2.24. The lowest BCUT2D eigenvalue weighted by atomic mass is 10.2. The lowest BCUT2D eigenvalue weighted by Gasteiger charge is -2.13. The molecule has 78 valence electrons. The number of rotatable bonds is 3. The molecule has 8 heteroatoms. The molecule has 0 aromatic carbocycles. The Bertz CT molecular complexity index is 217. The van der Waals surface area contributed by atoms with Gasteiger partial charge in [-0.25, -0.2) is 4.57 Å². The maximum Gasteiger partial charge on any atom is 0.469 e. The molecular weight excluding hydrogens is 314 g/mol. The third-order valence-electron chi connectivity index (χ3n) is 1.59. The van der Waals surface area contributed by atoms with Crippen molar-refractivity contribution in [2.24, 2.45) is 0 Å². The fraction of sp³-hybridized carbons (Fsp3) is 1.00. The predicted octanol–water partition coefficient (Wildman–Crippen LogP) is 0.00660. The molecule has 0 saturated carbocycles. The molecule has 1 aliphatic heterocycles. The van der Waals surface area contributed by atoms with Crippen LogP contribution in [0.3, 0.4) is 0 Å². The Labute approximate surface area is 88.6 Å². The van der Waals surface area contributed by atoms with E-state index in [4.69, 9.17) is 14.5 Å². The number of aliphatic hydroxyl groups is 1. The predicted molar refractivity (Wildman–Crippen MR) is 51.3 cm³/mol. The molecule has 1 rings (SSSR count). The Morgan fingerprint density at radius 3 is 2.62 bits per heavy atom. The summed E-state index contributed by atoms with van der Waals surface area (Å²) < 4.78 is 19.5. The highest BCUT2D eigenvalue weighted by Gasteiger charge is 2.34.